The number of nitrogens with two attached hydrogens (primary N) is 1. The second-order valence-corrected chi connectivity index (χ2v) is 11.2. The van der Waals surface area contributed by atoms with E-state index in [-0.39, 0.29) is 5.09 Å². The maximum absolute atomic E-state index is 10.9. The second kappa shape index (κ2) is 10.9. The lowest BCUT2D eigenvalue weighted by atomic mass is 10.1. The van der Waals surface area contributed by atoms with Crippen molar-refractivity contribution >= 4 is 55.3 Å². The van der Waals surface area contributed by atoms with Crippen molar-refractivity contribution in [1.82, 2.24) is 0 Å². The highest BCUT2D eigenvalue weighted by Gasteiger charge is 2.14. The Bertz CT molecular complexity index is 1710. The highest BCUT2D eigenvalue weighted by Crippen LogP contribution is 2.37. The van der Waals surface area contributed by atoms with Gasteiger partial charge in [0.15, 0.2) is 0 Å². The maximum atomic E-state index is 10.9. The van der Waals surface area contributed by atoms with Gasteiger partial charge in [0.05, 0.1) is 0 Å². The van der Waals surface area contributed by atoms with Gasteiger partial charge in [0.2, 0.25) is 5.09 Å². The number of fused-ring (bicyclic) bond motifs is 2. The lowest BCUT2D eigenvalue weighted by Crippen LogP contribution is -2.10. The summed E-state index contributed by atoms with van der Waals surface area (Å²) in [5.74, 6) is 1.77. The van der Waals surface area contributed by atoms with Crippen LogP contribution in [0.1, 0.15) is 5.56 Å². The van der Waals surface area contributed by atoms with E-state index in [1.807, 2.05) is 36.4 Å². The molecule has 0 spiro atoms. The van der Waals surface area contributed by atoms with Gasteiger partial charge in [0.1, 0.15) is 16.9 Å². The predicted octanol–water partition coefficient (Wildman–Crippen LogP) is 8.13. The fourth-order valence-electron chi connectivity index (χ4n) is 3.77. The number of rotatable bonds is 5. The predicted molar refractivity (Wildman–Crippen MR) is 150 cm³/mol. The molecule has 0 saturated carbocycles. The van der Waals surface area contributed by atoms with Gasteiger partial charge in [0, 0.05) is 38.1 Å². The number of sulfonamides is 1. The number of halogens is 1. The zero-order valence-electron chi connectivity index (χ0n) is 19.5. The summed E-state index contributed by atoms with van der Waals surface area (Å²) in [6.45, 7) is 0. The number of thioether (sulfide) groups is 1. The standard InChI is InChI=1S/C21H15ClOS.C8H7NO3S/c22-17-10-11-21(24-14-15-6-2-1-3-7-15)18(13-17)20-12-16-8-4-5-9-19(16)23-20;9-13(10,11)8-5-6-3-1-2-4-7(6)12-8/h1-13H,14H2;1-5H,(H2,9,10,11). The maximum Gasteiger partial charge on any atom is 0.271 e. The minimum atomic E-state index is -3.73. The third-order valence-corrected chi connectivity index (χ3v) is 7.69. The van der Waals surface area contributed by atoms with Crippen molar-refractivity contribution in [3.05, 3.63) is 120 Å². The van der Waals surface area contributed by atoms with Crippen molar-refractivity contribution in [2.45, 2.75) is 15.7 Å². The van der Waals surface area contributed by atoms with Crippen molar-refractivity contribution < 1.29 is 17.3 Å². The largest absolute Gasteiger partial charge is 0.456 e. The van der Waals surface area contributed by atoms with Crippen LogP contribution < -0.4 is 5.14 Å². The van der Waals surface area contributed by atoms with E-state index >= 15 is 0 Å². The molecule has 6 aromatic rings. The van der Waals surface area contributed by atoms with Crippen LogP contribution in [0, 0.1) is 0 Å². The molecule has 0 atom stereocenters. The molecule has 0 unspecified atom stereocenters. The normalized spacial score (nSPS) is 11.4. The Morgan fingerprint density at radius 3 is 2.00 bits per heavy atom. The summed E-state index contributed by atoms with van der Waals surface area (Å²) in [6.07, 6.45) is 0. The van der Waals surface area contributed by atoms with Crippen molar-refractivity contribution in [1.29, 1.82) is 0 Å². The average Bonchev–Trinajstić information content (AvgIpc) is 3.54. The monoisotopic (exact) mass is 547 g/mol. The Kier molecular flexibility index (Phi) is 7.39. The molecule has 4 aromatic carbocycles. The molecule has 2 N–H and O–H groups in total. The minimum Gasteiger partial charge on any atom is -0.456 e. The zero-order valence-corrected chi connectivity index (χ0v) is 21.9. The SMILES string of the molecule is Clc1ccc(SCc2ccccc2)c(-c2cc3ccccc3o2)c1.NS(=O)(=O)c1cc2ccccc2o1. The van der Waals surface area contributed by atoms with Gasteiger partial charge in [0.25, 0.3) is 10.0 Å². The lowest BCUT2D eigenvalue weighted by Gasteiger charge is -2.08. The zero-order chi connectivity index (χ0) is 25.8. The highest BCUT2D eigenvalue weighted by atomic mass is 35.5. The molecular formula is C29H22ClNO4S2. The molecule has 0 fully saturated rings. The van der Waals surface area contributed by atoms with Crippen LogP contribution in [0.3, 0.4) is 0 Å². The van der Waals surface area contributed by atoms with E-state index in [9.17, 15) is 8.42 Å². The van der Waals surface area contributed by atoms with Crippen LogP contribution in [0.5, 0.6) is 0 Å². The molecule has 0 aliphatic rings. The number of para-hydroxylation sites is 2. The number of hydrogen-bond donors (Lipinski definition) is 1. The van der Waals surface area contributed by atoms with E-state index in [1.165, 1.54) is 16.5 Å². The Morgan fingerprint density at radius 2 is 1.35 bits per heavy atom. The van der Waals surface area contributed by atoms with Crippen LogP contribution in [-0.2, 0) is 15.8 Å². The Hall–Kier alpha value is -3.49. The van der Waals surface area contributed by atoms with E-state index < -0.39 is 10.0 Å². The molecule has 0 amide bonds. The van der Waals surface area contributed by atoms with Crippen LogP contribution in [0.15, 0.2) is 128 Å². The van der Waals surface area contributed by atoms with Crippen molar-refractivity contribution in [3.8, 4) is 11.3 Å². The van der Waals surface area contributed by atoms with Crippen molar-refractivity contribution in [2.75, 3.05) is 0 Å². The van der Waals surface area contributed by atoms with E-state index in [2.05, 4.69) is 42.5 Å². The summed E-state index contributed by atoms with van der Waals surface area (Å²) in [4.78, 5) is 1.17. The molecule has 37 heavy (non-hydrogen) atoms. The lowest BCUT2D eigenvalue weighted by molar-refractivity contribution is 0.482. The molecular weight excluding hydrogens is 526 g/mol. The molecule has 2 aromatic heterocycles. The van der Waals surface area contributed by atoms with Gasteiger partial charge in [-0.1, -0.05) is 78.3 Å². The van der Waals surface area contributed by atoms with Crippen molar-refractivity contribution in [2.24, 2.45) is 5.14 Å². The summed E-state index contributed by atoms with van der Waals surface area (Å²) in [7, 11) is -3.73. The summed E-state index contributed by atoms with van der Waals surface area (Å²) in [6, 6.07) is 35.0. The fraction of sp³-hybridized carbons (Fsp3) is 0.0345. The molecule has 0 aliphatic carbocycles. The van der Waals surface area contributed by atoms with Crippen LogP contribution in [0.2, 0.25) is 5.02 Å². The molecule has 0 aliphatic heterocycles. The van der Waals surface area contributed by atoms with Gasteiger partial charge in [-0.2, -0.15) is 0 Å². The van der Waals surface area contributed by atoms with E-state index in [4.69, 9.17) is 25.6 Å². The fourth-order valence-corrected chi connectivity index (χ4v) is 5.43. The first kappa shape index (κ1) is 25.2. The molecule has 0 saturated heterocycles. The number of primary sulfonamides is 1. The molecule has 2 heterocycles. The average molecular weight is 548 g/mol. The van der Waals surface area contributed by atoms with Crippen LogP contribution >= 0.6 is 23.4 Å². The molecule has 186 valence electrons. The summed E-state index contributed by atoms with van der Waals surface area (Å²) in [5, 5.41) is 7.25. The number of furan rings is 2. The number of benzene rings is 4. The van der Waals surface area contributed by atoms with E-state index in [0.29, 0.717) is 5.58 Å². The van der Waals surface area contributed by atoms with Gasteiger partial charge in [-0.05, 0) is 42.0 Å². The molecule has 5 nitrogen and oxygen atoms in total. The Balaban J connectivity index is 0.000000182. The third kappa shape index (κ3) is 6.09. The van der Waals surface area contributed by atoms with Gasteiger partial charge < -0.3 is 8.83 Å². The van der Waals surface area contributed by atoms with Crippen molar-refractivity contribution in [3.63, 3.8) is 0 Å². The number of hydrogen-bond acceptors (Lipinski definition) is 5. The summed E-state index contributed by atoms with van der Waals surface area (Å²) >= 11 is 8.03. The minimum absolute atomic E-state index is 0.200. The van der Waals surface area contributed by atoms with E-state index in [1.54, 1.807) is 36.0 Å². The van der Waals surface area contributed by atoms with Gasteiger partial charge in [-0.15, -0.1) is 11.8 Å². The third-order valence-electron chi connectivity index (χ3n) is 5.55. The topological polar surface area (TPSA) is 86.4 Å². The highest BCUT2D eigenvalue weighted by molar-refractivity contribution is 7.98. The first-order chi connectivity index (χ1) is 17.9. The summed E-state index contributed by atoms with van der Waals surface area (Å²) in [5.41, 5.74) is 3.76. The first-order valence-electron chi connectivity index (χ1n) is 11.3. The second-order valence-electron chi connectivity index (χ2n) is 8.21. The van der Waals surface area contributed by atoms with E-state index in [0.717, 1.165) is 38.5 Å². The van der Waals surface area contributed by atoms with Crippen LogP contribution in [0.25, 0.3) is 33.3 Å². The first-order valence-corrected chi connectivity index (χ1v) is 14.2. The van der Waals surface area contributed by atoms with Gasteiger partial charge in [-0.3, -0.25) is 0 Å². The van der Waals surface area contributed by atoms with Crippen LogP contribution in [-0.4, -0.2) is 8.42 Å². The molecule has 0 bridgehead atoms. The Morgan fingerprint density at radius 1 is 0.730 bits per heavy atom. The van der Waals surface area contributed by atoms with Gasteiger partial charge in [-0.25, -0.2) is 13.6 Å². The summed E-state index contributed by atoms with van der Waals surface area (Å²) < 4.78 is 32.8. The quantitative estimate of drug-likeness (QED) is 0.220. The van der Waals surface area contributed by atoms with Crippen LogP contribution in [0.4, 0.5) is 0 Å². The van der Waals surface area contributed by atoms with Gasteiger partial charge >= 0.3 is 0 Å². The molecule has 0 radical (unpaired) electrons. The Labute approximate surface area is 223 Å². The smallest absolute Gasteiger partial charge is 0.271 e. The molecule has 6 rings (SSSR count). The molecule has 8 heteroatoms.